The van der Waals surface area contributed by atoms with Gasteiger partial charge in [-0.2, -0.15) is 0 Å². The predicted octanol–water partition coefficient (Wildman–Crippen LogP) is 2.78. The number of alkyl carbamates (subject to hydrolysis) is 1. The van der Waals surface area contributed by atoms with Crippen molar-refractivity contribution in [3.8, 4) is 5.75 Å². The van der Waals surface area contributed by atoms with Crippen molar-refractivity contribution in [1.29, 1.82) is 0 Å². The number of aromatic nitrogens is 2. The van der Waals surface area contributed by atoms with Gasteiger partial charge in [0, 0.05) is 6.54 Å². The first-order valence-electron chi connectivity index (χ1n) is 11.7. The number of nitrogens with one attached hydrogen (secondary N) is 3. The molecule has 0 saturated heterocycles. The van der Waals surface area contributed by atoms with Crippen molar-refractivity contribution in [2.45, 2.75) is 59.1 Å². The summed E-state index contributed by atoms with van der Waals surface area (Å²) in [7, 11) is 1.17. The summed E-state index contributed by atoms with van der Waals surface area (Å²) in [6.07, 6.45) is 0.210. The van der Waals surface area contributed by atoms with Crippen LogP contribution in [0.1, 0.15) is 54.5 Å². The van der Waals surface area contributed by atoms with E-state index >= 15 is 0 Å². The number of aryl methyl sites for hydroxylation is 3. The van der Waals surface area contributed by atoms with Crippen molar-refractivity contribution in [2.24, 2.45) is 0 Å². The van der Waals surface area contributed by atoms with Crippen molar-refractivity contribution in [1.82, 2.24) is 20.6 Å². The zero-order valence-electron chi connectivity index (χ0n) is 21.9. The number of phenols is 1. The van der Waals surface area contributed by atoms with Crippen LogP contribution in [0.5, 0.6) is 5.75 Å². The topological polar surface area (TPSA) is 152 Å². The second kappa shape index (κ2) is 12.8. The van der Waals surface area contributed by atoms with E-state index in [4.69, 9.17) is 9.47 Å². The molecule has 1 heterocycles. The van der Waals surface area contributed by atoms with E-state index in [0.717, 1.165) is 0 Å². The number of nitrogens with zero attached hydrogens (tertiary/aromatic N) is 2. The normalized spacial score (nSPS) is 11.9. The van der Waals surface area contributed by atoms with Crippen LogP contribution in [-0.4, -0.2) is 64.9 Å². The first kappa shape index (κ1) is 29.3. The summed E-state index contributed by atoms with van der Waals surface area (Å²) in [6.45, 7) is 8.54. The number of halogens is 1. The molecule has 4 N–H and O–H groups in total. The van der Waals surface area contributed by atoms with Crippen molar-refractivity contribution < 1.29 is 33.4 Å². The lowest BCUT2D eigenvalue weighted by molar-refractivity contribution is -0.142. The van der Waals surface area contributed by atoms with Crippen molar-refractivity contribution in [3.63, 3.8) is 0 Å². The molecule has 1 atom stereocenters. The number of hydrogen-bond donors (Lipinski definition) is 4. The molecule has 0 fully saturated rings. The molecule has 202 valence electrons. The molecular weight excluding hydrogens is 485 g/mol. The largest absolute Gasteiger partial charge is 0.505 e. The summed E-state index contributed by atoms with van der Waals surface area (Å²) < 4.78 is 23.8. The van der Waals surface area contributed by atoms with Crippen molar-refractivity contribution in [3.05, 3.63) is 46.5 Å². The highest BCUT2D eigenvalue weighted by atomic mass is 19.1. The molecule has 0 radical (unpaired) electrons. The fourth-order valence-corrected chi connectivity index (χ4v) is 3.43. The van der Waals surface area contributed by atoms with E-state index in [9.17, 15) is 23.9 Å². The van der Waals surface area contributed by atoms with Gasteiger partial charge in [0.05, 0.1) is 30.6 Å². The lowest BCUT2D eigenvalue weighted by Gasteiger charge is -2.22. The van der Waals surface area contributed by atoms with Crippen LogP contribution in [0.15, 0.2) is 18.2 Å². The maximum Gasteiger partial charge on any atom is 0.407 e. The average molecular weight is 520 g/mol. The lowest BCUT2D eigenvalue weighted by atomic mass is 10.1. The first-order valence-corrected chi connectivity index (χ1v) is 11.7. The molecular formula is C25H34FN5O6. The minimum absolute atomic E-state index is 0.179. The third-order valence-corrected chi connectivity index (χ3v) is 5.10. The molecule has 1 aromatic carbocycles. The van der Waals surface area contributed by atoms with Gasteiger partial charge in [0.1, 0.15) is 11.6 Å². The number of ether oxygens (including phenoxy) is 2. The van der Waals surface area contributed by atoms with Gasteiger partial charge in [0.25, 0.3) is 5.91 Å². The van der Waals surface area contributed by atoms with Gasteiger partial charge in [0.2, 0.25) is 5.95 Å². The Labute approximate surface area is 215 Å². The number of benzene rings is 1. The summed E-state index contributed by atoms with van der Waals surface area (Å²) in [5.74, 6) is -2.08. The Kier molecular flexibility index (Phi) is 10.2. The zero-order valence-corrected chi connectivity index (χ0v) is 21.9. The first-order chi connectivity index (χ1) is 17.3. The number of carbonyl (C=O) groups excluding carboxylic acids is 3. The van der Waals surface area contributed by atoms with Gasteiger partial charge in [-0.25, -0.2) is 23.9 Å². The van der Waals surface area contributed by atoms with Crippen LogP contribution < -0.4 is 16.0 Å². The molecule has 0 bridgehead atoms. The Hall–Kier alpha value is -3.96. The monoisotopic (exact) mass is 519 g/mol. The van der Waals surface area contributed by atoms with Gasteiger partial charge in [-0.3, -0.25) is 4.79 Å². The number of anilines is 1. The summed E-state index contributed by atoms with van der Waals surface area (Å²) in [5, 5.41) is 17.5. The summed E-state index contributed by atoms with van der Waals surface area (Å²) in [6, 6.07) is 3.32. The van der Waals surface area contributed by atoms with Crippen LogP contribution >= 0.6 is 0 Å². The van der Waals surface area contributed by atoms with Gasteiger partial charge in [-0.1, -0.05) is 12.1 Å². The highest BCUT2D eigenvalue weighted by Gasteiger charge is 2.26. The Balaban J connectivity index is 2.00. The van der Waals surface area contributed by atoms with E-state index < -0.39 is 35.4 Å². The molecule has 0 spiro atoms. The standard InChI is InChI=1S/C25H34FN5O6/c1-14-19(21(33)31-17(22(34)36-6)13-28-24(35)37-25(3,4)5)15(2)30-23(29-14)27-12-8-10-16-9-7-11-18(32)20(16)26/h7,9,11,17,32H,8,10,12-13H2,1-6H3,(H,28,35)(H,31,33)(H,27,29,30)/t17-/m0/s1. The molecule has 2 rings (SSSR count). The number of phenolic OH excluding ortho intramolecular Hbond substituents is 1. The molecule has 1 aromatic heterocycles. The SMILES string of the molecule is COC(=O)[C@H](CNC(=O)OC(C)(C)C)NC(=O)c1c(C)nc(NCCCc2cccc(O)c2F)nc1C. The minimum Gasteiger partial charge on any atom is -0.505 e. The summed E-state index contributed by atoms with van der Waals surface area (Å²) >= 11 is 0. The van der Waals surface area contributed by atoms with E-state index in [1.54, 1.807) is 46.8 Å². The maximum atomic E-state index is 13.9. The van der Waals surface area contributed by atoms with Gasteiger partial charge in [0.15, 0.2) is 11.6 Å². The third kappa shape index (κ3) is 8.89. The Morgan fingerprint density at radius 3 is 2.38 bits per heavy atom. The molecule has 2 amide bonds. The number of amides is 2. The summed E-state index contributed by atoms with van der Waals surface area (Å²) in [4.78, 5) is 45.7. The van der Waals surface area contributed by atoms with Crippen molar-refractivity contribution in [2.75, 3.05) is 25.5 Å². The quantitative estimate of drug-likeness (QED) is 0.274. The summed E-state index contributed by atoms with van der Waals surface area (Å²) in [5.41, 5.74) is 0.600. The van der Waals surface area contributed by atoms with Crippen LogP contribution in [0.4, 0.5) is 15.1 Å². The molecule has 2 aromatic rings. The second-order valence-electron chi connectivity index (χ2n) is 9.31. The number of esters is 1. The number of rotatable bonds is 10. The Bertz CT molecular complexity index is 1110. The van der Waals surface area contributed by atoms with E-state index in [-0.39, 0.29) is 17.9 Å². The van der Waals surface area contributed by atoms with Crippen LogP contribution in [0.3, 0.4) is 0 Å². The van der Waals surface area contributed by atoms with E-state index in [1.165, 1.54) is 13.2 Å². The molecule has 0 aliphatic rings. The third-order valence-electron chi connectivity index (χ3n) is 5.10. The lowest BCUT2D eigenvalue weighted by Crippen LogP contribution is -2.50. The van der Waals surface area contributed by atoms with E-state index in [1.807, 2.05) is 0 Å². The van der Waals surface area contributed by atoms with E-state index in [0.29, 0.717) is 42.3 Å². The fraction of sp³-hybridized carbons (Fsp3) is 0.480. The number of hydrogen-bond acceptors (Lipinski definition) is 9. The molecule has 0 unspecified atom stereocenters. The van der Waals surface area contributed by atoms with Gasteiger partial charge >= 0.3 is 12.1 Å². The minimum atomic E-state index is -1.17. The van der Waals surface area contributed by atoms with Crippen LogP contribution in [0, 0.1) is 19.7 Å². The number of aromatic hydroxyl groups is 1. The van der Waals surface area contributed by atoms with Gasteiger partial charge in [-0.15, -0.1) is 0 Å². The van der Waals surface area contributed by atoms with Crippen LogP contribution in [-0.2, 0) is 20.7 Å². The van der Waals surface area contributed by atoms with Crippen molar-refractivity contribution >= 4 is 23.9 Å². The molecule has 12 heteroatoms. The smallest absolute Gasteiger partial charge is 0.407 e. The average Bonchev–Trinajstić information content (AvgIpc) is 2.80. The zero-order chi connectivity index (χ0) is 27.8. The van der Waals surface area contributed by atoms with Gasteiger partial charge in [-0.05, 0) is 59.1 Å². The number of methoxy groups -OCH3 is 1. The molecule has 37 heavy (non-hydrogen) atoms. The molecule has 0 saturated carbocycles. The number of carbonyl (C=O) groups is 3. The van der Waals surface area contributed by atoms with Crippen LogP contribution in [0.2, 0.25) is 0 Å². The highest BCUT2D eigenvalue weighted by Crippen LogP contribution is 2.20. The van der Waals surface area contributed by atoms with Gasteiger partial charge < -0.3 is 30.5 Å². The Morgan fingerprint density at radius 1 is 1.14 bits per heavy atom. The van der Waals surface area contributed by atoms with Crippen LogP contribution in [0.25, 0.3) is 0 Å². The second-order valence-corrected chi connectivity index (χ2v) is 9.31. The Morgan fingerprint density at radius 2 is 1.78 bits per heavy atom. The maximum absolute atomic E-state index is 13.9. The van der Waals surface area contributed by atoms with E-state index in [2.05, 4.69) is 25.9 Å². The molecule has 11 nitrogen and oxygen atoms in total. The predicted molar refractivity (Wildman–Crippen MR) is 134 cm³/mol. The molecule has 0 aliphatic carbocycles. The highest BCUT2D eigenvalue weighted by molar-refractivity contribution is 5.98. The molecule has 0 aliphatic heterocycles. The fourth-order valence-electron chi connectivity index (χ4n) is 3.43.